The minimum atomic E-state index is -0.677. The van der Waals surface area contributed by atoms with E-state index in [1.807, 2.05) is 13.8 Å². The second-order valence-corrected chi connectivity index (χ2v) is 6.56. The van der Waals surface area contributed by atoms with Gasteiger partial charge in [0.25, 0.3) is 5.91 Å². The molecule has 0 spiro atoms. The van der Waals surface area contributed by atoms with Crippen LogP contribution in [0.1, 0.15) is 25.0 Å². The molecule has 25 heavy (non-hydrogen) atoms. The van der Waals surface area contributed by atoms with Crippen molar-refractivity contribution >= 4 is 22.7 Å². The summed E-state index contributed by atoms with van der Waals surface area (Å²) in [5.74, 6) is -0.638. The first-order chi connectivity index (χ1) is 11.8. The summed E-state index contributed by atoms with van der Waals surface area (Å²) >= 11 is 0. The van der Waals surface area contributed by atoms with Crippen LogP contribution >= 0.6 is 0 Å². The van der Waals surface area contributed by atoms with Gasteiger partial charge in [-0.1, -0.05) is 12.1 Å². The molecule has 0 saturated heterocycles. The Morgan fingerprint density at radius 1 is 1.00 bits per heavy atom. The molecule has 2 heterocycles. The highest BCUT2D eigenvalue weighted by molar-refractivity contribution is 6.32. The Labute approximate surface area is 143 Å². The van der Waals surface area contributed by atoms with Crippen LogP contribution < -0.4 is 5.32 Å². The van der Waals surface area contributed by atoms with Crippen molar-refractivity contribution in [1.29, 1.82) is 0 Å². The zero-order chi connectivity index (χ0) is 17.8. The van der Waals surface area contributed by atoms with E-state index in [1.54, 1.807) is 24.3 Å². The maximum Gasteiger partial charge on any atom is 0.260 e. The first-order valence-electron chi connectivity index (χ1n) is 7.88. The van der Waals surface area contributed by atoms with Crippen LogP contribution in [0.15, 0.2) is 54.3 Å². The van der Waals surface area contributed by atoms with Gasteiger partial charge < -0.3 is 10.1 Å². The summed E-state index contributed by atoms with van der Waals surface area (Å²) in [5, 5.41) is 2.66. The largest absolute Gasteiger partial charge is 0.482 e. The summed E-state index contributed by atoms with van der Waals surface area (Å²) in [6.45, 7) is 3.77. The lowest BCUT2D eigenvalue weighted by Gasteiger charge is -2.23. The zero-order valence-corrected chi connectivity index (χ0v) is 13.7. The van der Waals surface area contributed by atoms with Gasteiger partial charge in [0.05, 0.1) is 11.3 Å². The molecule has 2 aromatic carbocycles. The number of amides is 1. The van der Waals surface area contributed by atoms with Crippen molar-refractivity contribution in [2.24, 2.45) is 0 Å². The molecule has 0 atom stereocenters. The Morgan fingerprint density at radius 3 is 2.40 bits per heavy atom. The monoisotopic (exact) mass is 339 g/mol. The number of anilines is 1. The smallest absolute Gasteiger partial charge is 0.260 e. The van der Waals surface area contributed by atoms with Gasteiger partial charge in [-0.15, -0.1) is 0 Å². The molecule has 1 N–H and O–H groups in total. The molecule has 0 unspecified atom stereocenters. The van der Waals surface area contributed by atoms with E-state index in [-0.39, 0.29) is 11.7 Å². The van der Waals surface area contributed by atoms with E-state index in [0.29, 0.717) is 22.6 Å². The van der Waals surface area contributed by atoms with Gasteiger partial charge in [-0.2, -0.15) is 0 Å². The summed E-state index contributed by atoms with van der Waals surface area (Å²) in [7, 11) is 0. The average Bonchev–Trinajstić information content (AvgIpc) is 3.03. The van der Waals surface area contributed by atoms with Crippen molar-refractivity contribution in [3.8, 4) is 0 Å². The van der Waals surface area contributed by atoms with Gasteiger partial charge in [0.1, 0.15) is 23.0 Å². The fourth-order valence-electron chi connectivity index (χ4n) is 3.24. The summed E-state index contributed by atoms with van der Waals surface area (Å²) in [6, 6.07) is 10.3. The SMILES string of the molecule is CC1(C)O/C(=C2/C(=O)Nc3cc(F)ccc32)C=C1c1ccc(F)cc1. The summed E-state index contributed by atoms with van der Waals surface area (Å²) in [5.41, 5.74) is 2.40. The van der Waals surface area contributed by atoms with Gasteiger partial charge in [-0.3, -0.25) is 4.79 Å². The van der Waals surface area contributed by atoms with Crippen LogP contribution in [0.25, 0.3) is 11.1 Å². The van der Waals surface area contributed by atoms with Crippen LogP contribution in [0.5, 0.6) is 0 Å². The molecule has 4 rings (SSSR count). The van der Waals surface area contributed by atoms with Gasteiger partial charge in [-0.05, 0) is 55.8 Å². The number of hydrogen-bond donors (Lipinski definition) is 1. The Hall–Kier alpha value is -2.95. The first-order valence-corrected chi connectivity index (χ1v) is 7.88. The van der Waals surface area contributed by atoms with Crippen LogP contribution in [-0.4, -0.2) is 11.5 Å². The van der Waals surface area contributed by atoms with Crippen LogP contribution in [0.4, 0.5) is 14.5 Å². The molecule has 2 aromatic rings. The third-order valence-electron chi connectivity index (χ3n) is 4.42. The maximum absolute atomic E-state index is 13.4. The quantitative estimate of drug-likeness (QED) is 0.776. The molecule has 0 radical (unpaired) electrons. The van der Waals surface area contributed by atoms with E-state index >= 15 is 0 Å². The van der Waals surface area contributed by atoms with E-state index in [1.165, 1.54) is 24.3 Å². The molecule has 0 bridgehead atoms. The van der Waals surface area contributed by atoms with E-state index in [2.05, 4.69) is 5.32 Å². The molecule has 1 amide bonds. The molecule has 5 heteroatoms. The fourth-order valence-corrected chi connectivity index (χ4v) is 3.24. The molecule has 2 aliphatic heterocycles. The highest BCUT2D eigenvalue weighted by atomic mass is 19.1. The first kappa shape index (κ1) is 15.6. The third-order valence-corrected chi connectivity index (χ3v) is 4.42. The average molecular weight is 339 g/mol. The predicted octanol–water partition coefficient (Wildman–Crippen LogP) is 4.52. The zero-order valence-electron chi connectivity index (χ0n) is 13.7. The van der Waals surface area contributed by atoms with Crippen LogP contribution in [-0.2, 0) is 9.53 Å². The minimum absolute atomic E-state index is 0.314. The van der Waals surface area contributed by atoms with E-state index in [9.17, 15) is 13.6 Å². The number of hydrogen-bond acceptors (Lipinski definition) is 2. The summed E-state index contributed by atoms with van der Waals surface area (Å²) in [4.78, 5) is 12.4. The Balaban J connectivity index is 1.86. The molecular weight excluding hydrogens is 324 g/mol. The summed E-state index contributed by atoms with van der Waals surface area (Å²) in [6.07, 6.45) is 1.79. The van der Waals surface area contributed by atoms with Gasteiger partial charge in [0.15, 0.2) is 0 Å². The summed E-state index contributed by atoms with van der Waals surface area (Å²) < 4.78 is 32.6. The standard InChI is InChI=1S/C20H15F2NO2/c1-20(2)15(11-3-5-12(21)6-4-11)10-17(25-20)18-14-8-7-13(22)9-16(14)23-19(18)24/h3-10H,1-2H3,(H,23,24)/b18-17+. The van der Waals surface area contributed by atoms with E-state index in [4.69, 9.17) is 4.74 Å². The molecular formula is C20H15F2NO2. The minimum Gasteiger partial charge on any atom is -0.482 e. The van der Waals surface area contributed by atoms with Crippen molar-refractivity contribution in [2.75, 3.05) is 5.32 Å². The Bertz CT molecular complexity index is 956. The topological polar surface area (TPSA) is 38.3 Å². The molecule has 126 valence electrons. The number of benzene rings is 2. The lowest BCUT2D eigenvalue weighted by molar-refractivity contribution is -0.111. The predicted molar refractivity (Wildman–Crippen MR) is 91.5 cm³/mol. The highest BCUT2D eigenvalue weighted by Gasteiger charge is 2.37. The van der Waals surface area contributed by atoms with Crippen molar-refractivity contribution in [1.82, 2.24) is 0 Å². The third kappa shape index (κ3) is 2.52. The van der Waals surface area contributed by atoms with Crippen LogP contribution in [0, 0.1) is 11.6 Å². The van der Waals surface area contributed by atoms with E-state index < -0.39 is 11.4 Å². The lowest BCUT2D eigenvalue weighted by atomic mass is 9.92. The molecule has 0 aromatic heterocycles. The van der Waals surface area contributed by atoms with Crippen molar-refractivity contribution < 1.29 is 18.3 Å². The van der Waals surface area contributed by atoms with Gasteiger partial charge in [-0.25, -0.2) is 8.78 Å². The highest BCUT2D eigenvalue weighted by Crippen LogP contribution is 2.44. The second kappa shape index (κ2) is 5.28. The van der Waals surface area contributed by atoms with Crippen LogP contribution in [0.2, 0.25) is 0 Å². The van der Waals surface area contributed by atoms with Gasteiger partial charge >= 0.3 is 0 Å². The number of halogens is 2. The second-order valence-electron chi connectivity index (χ2n) is 6.56. The lowest BCUT2D eigenvalue weighted by Crippen LogP contribution is -2.21. The Morgan fingerprint density at radius 2 is 1.68 bits per heavy atom. The number of ether oxygens (including phenoxy) is 1. The van der Waals surface area contributed by atoms with Crippen LogP contribution in [0.3, 0.4) is 0 Å². The van der Waals surface area contributed by atoms with Gasteiger partial charge in [0.2, 0.25) is 0 Å². The number of fused-ring (bicyclic) bond motifs is 1. The number of allylic oxidation sites excluding steroid dienone is 1. The number of nitrogens with one attached hydrogen (secondary N) is 1. The van der Waals surface area contributed by atoms with Gasteiger partial charge in [0, 0.05) is 11.1 Å². The number of carbonyl (C=O) groups excluding carboxylic acids is 1. The molecule has 3 nitrogen and oxygen atoms in total. The molecule has 0 aliphatic carbocycles. The number of carbonyl (C=O) groups is 1. The fraction of sp³-hybridized carbons (Fsp3) is 0.150. The molecule has 2 aliphatic rings. The van der Waals surface area contributed by atoms with E-state index in [0.717, 1.165) is 11.1 Å². The maximum atomic E-state index is 13.4. The van der Waals surface area contributed by atoms with Crippen molar-refractivity contribution in [3.05, 3.63) is 77.1 Å². The normalized spacial score (nSPS) is 20.8. The van der Waals surface area contributed by atoms with Crippen molar-refractivity contribution in [2.45, 2.75) is 19.4 Å². The molecule has 0 saturated carbocycles. The molecule has 0 fully saturated rings. The Kier molecular flexibility index (Phi) is 3.29. The van der Waals surface area contributed by atoms with Crippen molar-refractivity contribution in [3.63, 3.8) is 0 Å². The number of rotatable bonds is 1.